The second kappa shape index (κ2) is 16.9. The molecule has 0 aliphatic rings. The van der Waals surface area contributed by atoms with E-state index >= 15 is 0 Å². The van der Waals surface area contributed by atoms with Gasteiger partial charge in [-0.2, -0.15) is 11.3 Å². The van der Waals surface area contributed by atoms with E-state index in [0.29, 0.717) is 17.2 Å². The summed E-state index contributed by atoms with van der Waals surface area (Å²) >= 11 is -0.244. The zero-order valence-electron chi connectivity index (χ0n) is 35.2. The van der Waals surface area contributed by atoms with Crippen LogP contribution in [-0.4, -0.2) is 32.8 Å². The first-order chi connectivity index (χ1) is 27.7. The molecule has 0 amide bonds. The van der Waals surface area contributed by atoms with Crippen LogP contribution in [0.3, 0.4) is 0 Å². The second-order valence-corrected chi connectivity index (χ2v) is 29.3. The minimum Gasteiger partial charge on any atom is -0.333 e. The Morgan fingerprint density at radius 1 is 0.797 bits per heavy atom. The predicted molar refractivity (Wildman–Crippen MR) is 247 cm³/mol. The molecule has 9 rings (SSSR count). The van der Waals surface area contributed by atoms with Gasteiger partial charge in [0.05, 0.1) is 16.9 Å². The fraction of sp³-hybridized carbons (Fsp3) is 0.235. The molecule has 301 valence electrons. The van der Waals surface area contributed by atoms with Gasteiger partial charge in [0.1, 0.15) is 4.83 Å². The summed E-state index contributed by atoms with van der Waals surface area (Å²) < 4.78 is 18.8. The summed E-state index contributed by atoms with van der Waals surface area (Å²) in [5.41, 5.74) is 9.14. The van der Waals surface area contributed by atoms with E-state index in [-0.39, 0.29) is 31.3 Å². The Labute approximate surface area is 367 Å². The van der Waals surface area contributed by atoms with Crippen LogP contribution >= 0.6 is 11.3 Å². The molecule has 9 aromatic rings. The van der Waals surface area contributed by atoms with Gasteiger partial charge in [0.25, 0.3) is 0 Å². The molecule has 4 aromatic heterocycles. The van der Waals surface area contributed by atoms with E-state index in [0.717, 1.165) is 50.4 Å². The number of thiophene rings is 1. The number of fused-ring (bicyclic) bond motifs is 6. The number of benzene rings is 5. The van der Waals surface area contributed by atoms with Crippen molar-refractivity contribution in [2.45, 2.75) is 70.6 Å². The molecule has 0 saturated heterocycles. The molecule has 4 nitrogen and oxygen atoms in total. The number of aryl methyl sites for hydroxylation is 1. The van der Waals surface area contributed by atoms with E-state index in [2.05, 4.69) is 159 Å². The molecule has 0 saturated carbocycles. The van der Waals surface area contributed by atoms with Crippen LogP contribution in [0.15, 0.2) is 115 Å². The Kier molecular flexibility index (Phi) is 12.2. The number of rotatable bonds is 6. The van der Waals surface area contributed by atoms with Crippen LogP contribution in [0.5, 0.6) is 0 Å². The van der Waals surface area contributed by atoms with Crippen molar-refractivity contribution in [2.24, 2.45) is 5.92 Å². The minimum absolute atomic E-state index is 0. The molecule has 0 unspecified atom stereocenters. The molecule has 0 aliphatic carbocycles. The summed E-state index contributed by atoms with van der Waals surface area (Å²) in [6.07, 6.45) is 3.00. The van der Waals surface area contributed by atoms with E-state index in [1.165, 1.54) is 42.4 Å². The number of hydrogen-bond acceptors (Lipinski definition) is 4. The fourth-order valence-corrected chi connectivity index (χ4v) is 12.3. The van der Waals surface area contributed by atoms with Gasteiger partial charge in [-0.3, -0.25) is 4.98 Å². The Hall–Kier alpha value is -4.53. The maximum absolute atomic E-state index is 13.9. The van der Waals surface area contributed by atoms with Crippen molar-refractivity contribution in [3.05, 3.63) is 150 Å². The van der Waals surface area contributed by atoms with Crippen molar-refractivity contribution in [3.8, 4) is 28.3 Å². The molecule has 5 aromatic carbocycles. The van der Waals surface area contributed by atoms with Gasteiger partial charge in [0.2, 0.25) is 0 Å². The molecule has 59 heavy (non-hydrogen) atoms. The standard InChI is InChI=1S/C33H26N3S.C18H23FGeN.Ir/c1-20-12-18-26-25-10-7-11-27(30(25)37-32(26)34-20)31-35-29-24-9-6-5-8-21(24)13-19-28(29)36(31)23-16-14-22(15-17-23)33(2,3)4;1-13(2)10-14-11-18(15-8-6-7-9-16(15)19)21-12-17(14)20(3,4)5;/h5-10,12-19H,1-4H3;6-7,9,11-13H,10H2,1-5H3;/q2*-1;. The van der Waals surface area contributed by atoms with Gasteiger partial charge >= 0.3 is 130 Å². The van der Waals surface area contributed by atoms with Gasteiger partial charge in [-0.25, -0.2) is 4.98 Å². The Balaban J connectivity index is 0.000000206. The van der Waals surface area contributed by atoms with Gasteiger partial charge < -0.3 is 4.57 Å². The van der Waals surface area contributed by atoms with Crippen LogP contribution in [0, 0.1) is 30.8 Å². The smallest absolute Gasteiger partial charge is 0.113 e. The molecular formula is C51H49FGeIrN4S-2. The van der Waals surface area contributed by atoms with Gasteiger partial charge in [-0.05, 0) is 57.6 Å². The second-order valence-electron chi connectivity index (χ2n) is 17.7. The maximum atomic E-state index is 13.9. The monoisotopic (exact) mass is 1040 g/mol. The predicted octanol–water partition coefficient (Wildman–Crippen LogP) is 13.4. The Bertz CT molecular complexity index is 2950. The number of imidazole rings is 1. The van der Waals surface area contributed by atoms with Crippen LogP contribution in [0.4, 0.5) is 4.39 Å². The van der Waals surface area contributed by atoms with Crippen molar-refractivity contribution in [2.75, 3.05) is 0 Å². The molecular weight excluding hydrogens is 984 g/mol. The van der Waals surface area contributed by atoms with E-state index in [9.17, 15) is 4.39 Å². The molecule has 0 atom stereocenters. The van der Waals surface area contributed by atoms with Crippen molar-refractivity contribution in [1.29, 1.82) is 0 Å². The summed E-state index contributed by atoms with van der Waals surface area (Å²) in [5, 5.41) is 4.74. The Morgan fingerprint density at radius 2 is 1.54 bits per heavy atom. The fourth-order valence-electron chi connectivity index (χ4n) is 7.76. The van der Waals surface area contributed by atoms with E-state index in [4.69, 9.17) is 9.97 Å². The molecule has 0 bridgehead atoms. The number of hydrogen-bond donors (Lipinski definition) is 0. The maximum Gasteiger partial charge on any atom is 0.113 e. The largest absolute Gasteiger partial charge is 0.333 e. The van der Waals surface area contributed by atoms with Crippen LogP contribution in [0.25, 0.3) is 70.4 Å². The van der Waals surface area contributed by atoms with Crippen molar-refractivity contribution in [1.82, 2.24) is 19.5 Å². The van der Waals surface area contributed by atoms with Gasteiger partial charge in [0, 0.05) is 36.9 Å². The first-order valence-electron chi connectivity index (χ1n) is 20.1. The van der Waals surface area contributed by atoms with Gasteiger partial charge in [-0.15, -0.1) is 18.2 Å². The molecule has 0 aliphatic heterocycles. The van der Waals surface area contributed by atoms with E-state index in [1.54, 1.807) is 23.5 Å². The number of halogens is 1. The van der Waals surface area contributed by atoms with Crippen molar-refractivity contribution in [3.63, 3.8) is 0 Å². The van der Waals surface area contributed by atoms with Gasteiger partial charge in [0.15, 0.2) is 0 Å². The molecule has 1 radical (unpaired) electrons. The third-order valence-corrected chi connectivity index (χ3v) is 16.2. The van der Waals surface area contributed by atoms with Crippen LogP contribution in [-0.2, 0) is 31.9 Å². The third-order valence-electron chi connectivity index (χ3n) is 10.7. The van der Waals surface area contributed by atoms with Crippen molar-refractivity contribution >= 4 is 71.1 Å². The van der Waals surface area contributed by atoms with E-state index < -0.39 is 13.3 Å². The average molecular weight is 1030 g/mol. The molecule has 0 spiro atoms. The molecule has 8 heteroatoms. The van der Waals surface area contributed by atoms with Crippen LogP contribution in [0.2, 0.25) is 17.3 Å². The average Bonchev–Trinajstić information content (AvgIpc) is 3.76. The summed E-state index contributed by atoms with van der Waals surface area (Å²) in [7, 11) is 0. The molecule has 4 heterocycles. The zero-order valence-corrected chi connectivity index (χ0v) is 40.5. The minimum atomic E-state index is -1.97. The summed E-state index contributed by atoms with van der Waals surface area (Å²) in [4.78, 5) is 15.7. The molecule has 0 fully saturated rings. The first kappa shape index (κ1) is 42.6. The number of aromatic nitrogens is 4. The van der Waals surface area contributed by atoms with Crippen LogP contribution in [0.1, 0.15) is 51.4 Å². The third kappa shape index (κ3) is 8.58. The first-order valence-corrected chi connectivity index (χ1v) is 28.2. The summed E-state index contributed by atoms with van der Waals surface area (Å²) in [6, 6.07) is 43.7. The van der Waals surface area contributed by atoms with E-state index in [1.807, 2.05) is 19.2 Å². The van der Waals surface area contributed by atoms with Gasteiger partial charge in [-0.1, -0.05) is 80.3 Å². The Morgan fingerprint density at radius 3 is 2.25 bits per heavy atom. The number of pyridine rings is 2. The summed E-state index contributed by atoms with van der Waals surface area (Å²) in [6.45, 7) is 13.2. The SMILES string of the molecule is CC(C)Cc1cc(-c2[c-]cccc2F)nc[c]1[Ge]([CH3])([CH3])[CH3].Cc1ccc2c(n1)sc1c(-c3nc4c5ccccc5ccc4n3-c3ccc(C(C)(C)C)cc3)[c-]ccc12.[Ir]. The quantitative estimate of drug-likeness (QED) is 0.123. The van der Waals surface area contributed by atoms with Crippen molar-refractivity contribution < 1.29 is 24.5 Å². The summed E-state index contributed by atoms with van der Waals surface area (Å²) in [5.74, 6) is 8.34. The van der Waals surface area contributed by atoms with Crippen LogP contribution < -0.4 is 4.40 Å². The number of nitrogens with zero attached hydrogens (tertiary/aromatic N) is 4. The normalized spacial score (nSPS) is 12.0. The zero-order chi connectivity index (χ0) is 40.9. The topological polar surface area (TPSA) is 43.6 Å². The molecule has 0 N–H and O–H groups in total.